The van der Waals surface area contributed by atoms with Crippen molar-refractivity contribution < 1.29 is 13.2 Å². The van der Waals surface area contributed by atoms with Crippen molar-refractivity contribution in [2.45, 2.75) is 11.8 Å². The molecule has 20 heavy (non-hydrogen) atoms. The van der Waals surface area contributed by atoms with E-state index in [-0.39, 0.29) is 18.8 Å². The van der Waals surface area contributed by atoms with Gasteiger partial charge in [0.25, 0.3) is 0 Å². The standard InChI is InChI=1S/C12H19N3O3S2/c1-2-15(9-12(14)16)20(17,18)7-6-19-11-5-3-4-10(13)8-11/h3-5,8H,2,6-7,9,13H2,1H3,(H2,14,16). The number of rotatable bonds is 8. The second-order valence-electron chi connectivity index (χ2n) is 4.13. The van der Waals surface area contributed by atoms with Crippen LogP contribution in [0.1, 0.15) is 6.92 Å². The Balaban J connectivity index is 2.56. The molecule has 0 aliphatic heterocycles. The molecule has 0 heterocycles. The predicted molar refractivity (Wildman–Crippen MR) is 81.8 cm³/mol. The van der Waals surface area contributed by atoms with Gasteiger partial charge in [0, 0.05) is 22.9 Å². The van der Waals surface area contributed by atoms with E-state index in [2.05, 4.69) is 0 Å². The molecule has 0 aliphatic rings. The van der Waals surface area contributed by atoms with Gasteiger partial charge in [-0.1, -0.05) is 13.0 Å². The number of amides is 1. The number of carbonyl (C=O) groups is 1. The number of carbonyl (C=O) groups excluding carboxylic acids is 1. The molecular formula is C12H19N3O3S2. The molecule has 4 N–H and O–H groups in total. The number of nitrogen functional groups attached to an aromatic ring is 1. The Morgan fingerprint density at radius 1 is 1.40 bits per heavy atom. The van der Waals surface area contributed by atoms with Gasteiger partial charge in [0.15, 0.2) is 0 Å². The lowest BCUT2D eigenvalue weighted by Crippen LogP contribution is -2.39. The van der Waals surface area contributed by atoms with E-state index in [4.69, 9.17) is 11.5 Å². The van der Waals surface area contributed by atoms with Crippen LogP contribution in [0.3, 0.4) is 0 Å². The summed E-state index contributed by atoms with van der Waals surface area (Å²) in [5, 5.41) is 0. The van der Waals surface area contributed by atoms with Crippen molar-refractivity contribution in [2.75, 3.05) is 30.3 Å². The van der Waals surface area contributed by atoms with Crippen LogP contribution >= 0.6 is 11.8 Å². The third kappa shape index (κ3) is 5.40. The monoisotopic (exact) mass is 317 g/mol. The van der Waals surface area contributed by atoms with E-state index in [1.165, 1.54) is 11.8 Å². The van der Waals surface area contributed by atoms with Gasteiger partial charge in [-0.05, 0) is 18.2 Å². The van der Waals surface area contributed by atoms with Crippen molar-refractivity contribution >= 4 is 33.4 Å². The maximum absolute atomic E-state index is 12.0. The topological polar surface area (TPSA) is 106 Å². The van der Waals surface area contributed by atoms with E-state index in [9.17, 15) is 13.2 Å². The second-order valence-corrected chi connectivity index (χ2v) is 7.39. The predicted octanol–water partition coefficient (Wildman–Crippen LogP) is 0.498. The normalized spacial score (nSPS) is 11.7. The largest absolute Gasteiger partial charge is 0.399 e. The summed E-state index contributed by atoms with van der Waals surface area (Å²) in [5.41, 5.74) is 11.3. The zero-order chi connectivity index (χ0) is 15.2. The summed E-state index contributed by atoms with van der Waals surface area (Å²) in [6.45, 7) is 1.63. The van der Waals surface area contributed by atoms with Gasteiger partial charge in [-0.15, -0.1) is 11.8 Å². The number of benzene rings is 1. The molecule has 0 bridgehead atoms. The number of hydrogen-bond acceptors (Lipinski definition) is 5. The van der Waals surface area contributed by atoms with Crippen LogP contribution < -0.4 is 11.5 Å². The van der Waals surface area contributed by atoms with Crippen LogP contribution in [-0.2, 0) is 14.8 Å². The molecule has 1 rings (SSSR count). The van der Waals surface area contributed by atoms with Gasteiger partial charge in [-0.3, -0.25) is 4.79 Å². The molecule has 0 radical (unpaired) electrons. The molecule has 0 saturated carbocycles. The fraction of sp³-hybridized carbons (Fsp3) is 0.417. The number of primary amides is 1. The number of nitrogens with two attached hydrogens (primary N) is 2. The first-order valence-corrected chi connectivity index (χ1v) is 8.69. The minimum Gasteiger partial charge on any atom is -0.399 e. The van der Waals surface area contributed by atoms with Gasteiger partial charge < -0.3 is 11.5 Å². The lowest BCUT2D eigenvalue weighted by atomic mass is 10.3. The Bertz CT molecular complexity index is 561. The van der Waals surface area contributed by atoms with E-state index < -0.39 is 15.9 Å². The first-order valence-electron chi connectivity index (χ1n) is 6.09. The summed E-state index contributed by atoms with van der Waals surface area (Å²) >= 11 is 1.41. The highest BCUT2D eigenvalue weighted by Gasteiger charge is 2.21. The summed E-state index contributed by atoms with van der Waals surface area (Å²) in [4.78, 5) is 11.8. The van der Waals surface area contributed by atoms with Crippen molar-refractivity contribution in [1.29, 1.82) is 0 Å². The molecule has 0 atom stereocenters. The van der Waals surface area contributed by atoms with Gasteiger partial charge in [0.2, 0.25) is 15.9 Å². The van der Waals surface area contributed by atoms with Crippen LogP contribution in [0.4, 0.5) is 5.69 Å². The maximum atomic E-state index is 12.0. The summed E-state index contributed by atoms with van der Waals surface area (Å²) in [6, 6.07) is 7.25. The van der Waals surface area contributed by atoms with Crippen LogP contribution in [0.25, 0.3) is 0 Å². The Labute approximate surface area is 123 Å². The molecule has 0 aromatic heterocycles. The van der Waals surface area contributed by atoms with Crippen LogP contribution in [0, 0.1) is 0 Å². The molecule has 112 valence electrons. The highest BCUT2D eigenvalue weighted by atomic mass is 32.2. The van der Waals surface area contributed by atoms with Gasteiger partial charge in [0.05, 0.1) is 12.3 Å². The van der Waals surface area contributed by atoms with Crippen LogP contribution in [-0.4, -0.2) is 43.2 Å². The van der Waals surface area contributed by atoms with Crippen LogP contribution in [0.2, 0.25) is 0 Å². The molecule has 8 heteroatoms. The highest BCUT2D eigenvalue weighted by Crippen LogP contribution is 2.20. The van der Waals surface area contributed by atoms with Crippen molar-refractivity contribution in [1.82, 2.24) is 4.31 Å². The van der Waals surface area contributed by atoms with E-state index >= 15 is 0 Å². The quantitative estimate of drug-likeness (QED) is 0.536. The van der Waals surface area contributed by atoms with E-state index in [0.29, 0.717) is 11.4 Å². The second kappa shape index (κ2) is 7.51. The Hall–Kier alpha value is -1.25. The number of hydrogen-bond donors (Lipinski definition) is 2. The molecule has 1 aromatic carbocycles. The molecule has 0 fully saturated rings. The van der Waals surface area contributed by atoms with E-state index in [1.54, 1.807) is 19.1 Å². The van der Waals surface area contributed by atoms with Crippen molar-refractivity contribution in [3.05, 3.63) is 24.3 Å². The highest BCUT2D eigenvalue weighted by molar-refractivity contribution is 8.00. The third-order valence-corrected chi connectivity index (χ3v) is 5.69. The van der Waals surface area contributed by atoms with E-state index in [1.807, 2.05) is 12.1 Å². The lowest BCUT2D eigenvalue weighted by Gasteiger charge is -2.18. The number of anilines is 1. The Morgan fingerprint density at radius 3 is 2.65 bits per heavy atom. The summed E-state index contributed by atoms with van der Waals surface area (Å²) in [6.07, 6.45) is 0. The average Bonchev–Trinajstić information content (AvgIpc) is 2.35. The van der Waals surface area contributed by atoms with Crippen molar-refractivity contribution in [3.8, 4) is 0 Å². The molecule has 0 unspecified atom stereocenters. The van der Waals surface area contributed by atoms with Crippen molar-refractivity contribution in [2.24, 2.45) is 5.73 Å². The smallest absolute Gasteiger partial charge is 0.232 e. The molecule has 1 amide bonds. The zero-order valence-electron chi connectivity index (χ0n) is 11.3. The number of thioether (sulfide) groups is 1. The Kier molecular flexibility index (Phi) is 6.31. The van der Waals surface area contributed by atoms with Crippen molar-refractivity contribution in [3.63, 3.8) is 0 Å². The third-order valence-electron chi connectivity index (χ3n) is 2.55. The first-order chi connectivity index (χ1) is 9.35. The minimum atomic E-state index is -3.47. The molecule has 1 aromatic rings. The Morgan fingerprint density at radius 2 is 2.10 bits per heavy atom. The average molecular weight is 317 g/mol. The van der Waals surface area contributed by atoms with E-state index in [0.717, 1.165) is 9.20 Å². The lowest BCUT2D eigenvalue weighted by molar-refractivity contribution is -0.118. The minimum absolute atomic E-state index is 0.0480. The van der Waals surface area contributed by atoms with Gasteiger partial charge in [0.1, 0.15) is 0 Å². The molecule has 0 aliphatic carbocycles. The fourth-order valence-electron chi connectivity index (χ4n) is 1.58. The van der Waals surface area contributed by atoms with Crippen LogP contribution in [0.5, 0.6) is 0 Å². The maximum Gasteiger partial charge on any atom is 0.232 e. The van der Waals surface area contributed by atoms with Crippen LogP contribution in [0.15, 0.2) is 29.2 Å². The summed E-state index contributed by atoms with van der Waals surface area (Å²) in [7, 11) is -3.47. The number of likely N-dealkylation sites (N-methyl/N-ethyl adjacent to an activating group) is 1. The zero-order valence-corrected chi connectivity index (χ0v) is 12.9. The number of nitrogens with zero attached hydrogens (tertiary/aromatic N) is 1. The molecule has 0 spiro atoms. The van der Waals surface area contributed by atoms with Gasteiger partial charge in [-0.25, -0.2) is 8.42 Å². The SMILES string of the molecule is CCN(CC(N)=O)S(=O)(=O)CCSc1cccc(N)c1. The fourth-order valence-corrected chi connectivity index (χ4v) is 4.36. The van der Waals surface area contributed by atoms with Gasteiger partial charge in [-0.2, -0.15) is 4.31 Å². The summed E-state index contributed by atoms with van der Waals surface area (Å²) in [5.74, 6) is -0.312. The molecular weight excluding hydrogens is 298 g/mol. The molecule has 6 nitrogen and oxygen atoms in total. The number of sulfonamides is 1. The van der Waals surface area contributed by atoms with Gasteiger partial charge >= 0.3 is 0 Å². The summed E-state index contributed by atoms with van der Waals surface area (Å²) < 4.78 is 25.2. The first kappa shape index (κ1) is 16.8. The molecule has 0 saturated heterocycles.